The van der Waals surface area contributed by atoms with E-state index in [1.165, 1.54) is 13.2 Å². The van der Waals surface area contributed by atoms with E-state index in [2.05, 4.69) is 0 Å². The molecule has 1 fully saturated rings. The average molecular weight is 263 g/mol. The molecule has 0 radical (unpaired) electrons. The van der Waals surface area contributed by atoms with Crippen LogP contribution in [0.4, 0.5) is 11.4 Å². The van der Waals surface area contributed by atoms with Crippen LogP contribution in [0.15, 0.2) is 18.2 Å². The fourth-order valence-corrected chi connectivity index (χ4v) is 1.98. The molecule has 19 heavy (non-hydrogen) atoms. The highest BCUT2D eigenvalue weighted by atomic mass is 16.6. The van der Waals surface area contributed by atoms with Crippen molar-refractivity contribution in [3.8, 4) is 11.8 Å². The number of hydrogen-bond donors (Lipinski definition) is 0. The number of ether oxygens (including phenoxy) is 2. The smallest absolute Gasteiger partial charge is 0.292 e. The summed E-state index contributed by atoms with van der Waals surface area (Å²) < 4.78 is 10.3. The summed E-state index contributed by atoms with van der Waals surface area (Å²) >= 11 is 0. The number of benzene rings is 1. The van der Waals surface area contributed by atoms with Crippen molar-refractivity contribution in [1.29, 1.82) is 5.26 Å². The number of nitro groups is 1. The van der Waals surface area contributed by atoms with Gasteiger partial charge in [-0.25, -0.2) is 0 Å². The predicted molar refractivity (Wildman–Crippen MR) is 67.2 cm³/mol. The number of nitrogens with zero attached hydrogens (tertiary/aromatic N) is 3. The van der Waals surface area contributed by atoms with Gasteiger partial charge >= 0.3 is 0 Å². The van der Waals surface area contributed by atoms with Crippen LogP contribution in [0, 0.1) is 21.4 Å². The minimum absolute atomic E-state index is 0.000565. The van der Waals surface area contributed by atoms with Crippen LogP contribution in [0.3, 0.4) is 0 Å². The molecule has 100 valence electrons. The lowest BCUT2D eigenvalue weighted by Crippen LogP contribution is -2.42. The zero-order valence-electron chi connectivity index (χ0n) is 10.4. The molecule has 0 spiro atoms. The molecule has 1 aliphatic rings. The summed E-state index contributed by atoms with van der Waals surface area (Å²) in [5.74, 6) is 0.542. The summed E-state index contributed by atoms with van der Waals surface area (Å²) in [6.07, 6.45) is -0.570. The van der Waals surface area contributed by atoms with Crippen molar-refractivity contribution < 1.29 is 14.4 Å². The Balaban J connectivity index is 2.36. The van der Waals surface area contributed by atoms with Crippen LogP contribution in [0.25, 0.3) is 0 Å². The van der Waals surface area contributed by atoms with Gasteiger partial charge in [0.1, 0.15) is 11.4 Å². The number of nitro benzene ring substituents is 1. The second kappa shape index (κ2) is 5.54. The molecule has 1 aromatic rings. The Morgan fingerprint density at radius 2 is 2.42 bits per heavy atom. The van der Waals surface area contributed by atoms with Gasteiger partial charge in [-0.1, -0.05) is 0 Å². The molecule has 1 saturated heterocycles. The maximum Gasteiger partial charge on any atom is 0.292 e. The van der Waals surface area contributed by atoms with Gasteiger partial charge in [0.25, 0.3) is 5.69 Å². The van der Waals surface area contributed by atoms with Gasteiger partial charge in [0.2, 0.25) is 0 Å². The first-order chi connectivity index (χ1) is 9.15. The monoisotopic (exact) mass is 263 g/mol. The quantitative estimate of drug-likeness (QED) is 0.603. The van der Waals surface area contributed by atoms with E-state index in [9.17, 15) is 10.1 Å². The summed E-state index contributed by atoms with van der Waals surface area (Å²) in [6.45, 7) is 1.18. The van der Waals surface area contributed by atoms with Gasteiger partial charge in [0, 0.05) is 18.7 Å². The summed E-state index contributed by atoms with van der Waals surface area (Å²) in [6, 6.07) is 6.58. The highest BCUT2D eigenvalue weighted by Gasteiger charge is 2.26. The maximum absolute atomic E-state index is 11.1. The minimum atomic E-state index is -0.570. The lowest BCUT2D eigenvalue weighted by atomic mass is 10.2. The zero-order valence-corrected chi connectivity index (χ0v) is 10.4. The van der Waals surface area contributed by atoms with E-state index in [0.717, 1.165) is 0 Å². The van der Waals surface area contributed by atoms with Gasteiger partial charge in [0.15, 0.2) is 6.10 Å². The van der Waals surface area contributed by atoms with Gasteiger partial charge in [-0.2, -0.15) is 5.26 Å². The van der Waals surface area contributed by atoms with E-state index in [0.29, 0.717) is 31.1 Å². The molecule has 0 saturated carbocycles. The van der Waals surface area contributed by atoms with Gasteiger partial charge < -0.3 is 14.4 Å². The summed E-state index contributed by atoms with van der Waals surface area (Å²) in [7, 11) is 1.50. The number of anilines is 1. The second-order valence-corrected chi connectivity index (χ2v) is 4.05. The van der Waals surface area contributed by atoms with Crippen LogP contribution in [0.2, 0.25) is 0 Å². The lowest BCUT2D eigenvalue weighted by Gasteiger charge is -2.31. The normalized spacial score (nSPS) is 18.7. The van der Waals surface area contributed by atoms with Crippen molar-refractivity contribution in [1.82, 2.24) is 0 Å². The van der Waals surface area contributed by atoms with E-state index in [-0.39, 0.29) is 5.69 Å². The third kappa shape index (κ3) is 2.74. The van der Waals surface area contributed by atoms with E-state index in [1.54, 1.807) is 17.0 Å². The highest BCUT2D eigenvalue weighted by Crippen LogP contribution is 2.33. The molecular formula is C12H13N3O4. The largest absolute Gasteiger partial charge is 0.497 e. The predicted octanol–water partition coefficient (Wildman–Crippen LogP) is 1.33. The number of rotatable bonds is 3. The molecule has 1 atom stereocenters. The van der Waals surface area contributed by atoms with Crippen LogP contribution >= 0.6 is 0 Å². The average Bonchev–Trinajstić information content (AvgIpc) is 2.46. The fourth-order valence-electron chi connectivity index (χ4n) is 1.98. The minimum Gasteiger partial charge on any atom is -0.497 e. The third-order valence-corrected chi connectivity index (χ3v) is 2.93. The van der Waals surface area contributed by atoms with Gasteiger partial charge in [-0.15, -0.1) is 0 Å². The van der Waals surface area contributed by atoms with Crippen molar-refractivity contribution in [2.75, 3.05) is 31.7 Å². The Hall–Kier alpha value is -2.33. The van der Waals surface area contributed by atoms with Crippen LogP contribution < -0.4 is 9.64 Å². The Bertz CT molecular complexity index is 526. The Kier molecular flexibility index (Phi) is 3.82. The Labute approximate surface area is 110 Å². The van der Waals surface area contributed by atoms with E-state index >= 15 is 0 Å². The van der Waals surface area contributed by atoms with Gasteiger partial charge in [0.05, 0.1) is 31.3 Å². The third-order valence-electron chi connectivity index (χ3n) is 2.93. The van der Waals surface area contributed by atoms with E-state index < -0.39 is 11.0 Å². The van der Waals surface area contributed by atoms with Crippen LogP contribution in [-0.4, -0.2) is 37.8 Å². The summed E-state index contributed by atoms with van der Waals surface area (Å²) in [5.41, 5.74) is 0.451. The first-order valence-corrected chi connectivity index (χ1v) is 5.74. The van der Waals surface area contributed by atoms with Crippen LogP contribution in [-0.2, 0) is 4.74 Å². The fraction of sp³-hybridized carbons (Fsp3) is 0.417. The summed E-state index contributed by atoms with van der Waals surface area (Å²) in [5, 5.41) is 19.9. The lowest BCUT2D eigenvalue weighted by molar-refractivity contribution is -0.384. The number of morpholine rings is 1. The molecule has 0 N–H and O–H groups in total. The molecule has 0 aliphatic carbocycles. The standard InChI is InChI=1S/C12H13N3O4/c1-18-9-2-3-11(15(16)17)12(6-9)14-4-5-19-10(7-13)8-14/h2-3,6,10H,4-5,8H2,1H3. The van der Waals surface area contributed by atoms with E-state index in [1.807, 2.05) is 6.07 Å². The molecule has 0 aromatic heterocycles. The van der Waals surface area contributed by atoms with Crippen molar-refractivity contribution in [3.63, 3.8) is 0 Å². The molecular weight excluding hydrogens is 250 g/mol. The molecule has 1 unspecified atom stereocenters. The SMILES string of the molecule is COc1ccc([N+](=O)[O-])c(N2CCOC(C#N)C2)c1. The zero-order chi connectivity index (χ0) is 13.8. The number of methoxy groups -OCH3 is 1. The molecule has 0 bridgehead atoms. The van der Waals surface area contributed by atoms with Crippen molar-refractivity contribution >= 4 is 11.4 Å². The number of nitriles is 1. The summed E-state index contributed by atoms with van der Waals surface area (Å²) in [4.78, 5) is 12.4. The molecule has 1 heterocycles. The molecule has 1 aromatic carbocycles. The van der Waals surface area contributed by atoms with Gasteiger partial charge in [-0.3, -0.25) is 10.1 Å². The molecule has 1 aliphatic heterocycles. The second-order valence-electron chi connectivity index (χ2n) is 4.05. The topological polar surface area (TPSA) is 88.6 Å². The first-order valence-electron chi connectivity index (χ1n) is 5.74. The molecule has 7 heteroatoms. The molecule has 2 rings (SSSR count). The van der Waals surface area contributed by atoms with Gasteiger partial charge in [-0.05, 0) is 6.07 Å². The van der Waals surface area contributed by atoms with Crippen molar-refractivity contribution in [2.45, 2.75) is 6.10 Å². The molecule has 7 nitrogen and oxygen atoms in total. The van der Waals surface area contributed by atoms with Crippen LogP contribution in [0.5, 0.6) is 5.75 Å². The maximum atomic E-state index is 11.1. The Morgan fingerprint density at radius 1 is 1.63 bits per heavy atom. The number of hydrogen-bond acceptors (Lipinski definition) is 6. The van der Waals surface area contributed by atoms with E-state index in [4.69, 9.17) is 14.7 Å². The Morgan fingerprint density at radius 3 is 3.05 bits per heavy atom. The van der Waals surface area contributed by atoms with Crippen LogP contribution in [0.1, 0.15) is 0 Å². The van der Waals surface area contributed by atoms with Crippen molar-refractivity contribution in [2.24, 2.45) is 0 Å². The first kappa shape index (κ1) is 13.1. The molecule has 0 amide bonds. The highest BCUT2D eigenvalue weighted by molar-refractivity contribution is 5.66. The van der Waals surface area contributed by atoms with Crippen molar-refractivity contribution in [3.05, 3.63) is 28.3 Å².